The molecule has 0 aliphatic rings. The van der Waals surface area contributed by atoms with Gasteiger partial charge in [0.1, 0.15) is 16.9 Å². The van der Waals surface area contributed by atoms with Crippen molar-refractivity contribution >= 4 is 29.7 Å². The minimum absolute atomic E-state index is 0.0280. The molecule has 10 heteroatoms. The first kappa shape index (κ1) is 20.0. The van der Waals surface area contributed by atoms with Gasteiger partial charge < -0.3 is 24.7 Å². The average molecular weight is 367 g/mol. The van der Waals surface area contributed by atoms with Crippen LogP contribution in [0, 0.1) is 5.82 Å². The Balaban J connectivity index is 2.17. The van der Waals surface area contributed by atoms with Crippen LogP contribution in [0.5, 0.6) is 0 Å². The summed E-state index contributed by atoms with van der Waals surface area (Å²) < 4.78 is 20.4. The number of carbonyl (C=O) groups is 1. The van der Waals surface area contributed by atoms with E-state index in [2.05, 4.69) is 4.98 Å². The van der Waals surface area contributed by atoms with Crippen molar-refractivity contribution in [3.8, 4) is 0 Å². The lowest BCUT2D eigenvalue weighted by molar-refractivity contribution is 0.0295. The lowest BCUT2D eigenvalue weighted by Gasteiger charge is -2.24. The number of ether oxygens (including phenoxy) is 1. The Kier molecular flexibility index (Phi) is 5.77. The number of imidazole rings is 1. The number of nitrogens with one attached hydrogen (secondary N) is 1. The van der Waals surface area contributed by atoms with Crippen molar-refractivity contribution in [3.63, 3.8) is 0 Å². The summed E-state index contributed by atoms with van der Waals surface area (Å²) in [5.41, 5.74) is -1.12. The first-order valence-electron chi connectivity index (χ1n) is 8.22. The van der Waals surface area contributed by atoms with Crippen LogP contribution >= 0.6 is 0 Å². The number of benzene rings is 1. The number of halogens is 1. The number of amides is 1. The predicted octanol–water partition coefficient (Wildman–Crippen LogP) is 0.405. The maximum absolute atomic E-state index is 13.9. The lowest BCUT2D eigenvalue weighted by Crippen LogP contribution is -2.35. The number of aromatic nitrogens is 2. The molecule has 0 spiro atoms. The van der Waals surface area contributed by atoms with Gasteiger partial charge in [-0.15, -0.1) is 0 Å². The van der Waals surface area contributed by atoms with Gasteiger partial charge in [-0.25, -0.2) is 14.0 Å². The molecule has 0 saturated heterocycles. The van der Waals surface area contributed by atoms with Gasteiger partial charge in [0.15, 0.2) is 0 Å². The zero-order chi connectivity index (χ0) is 19.6. The molecule has 0 atom stereocenters. The molecule has 2 aromatic rings. The largest absolute Gasteiger partial charge is 0.490 e. The smallest absolute Gasteiger partial charge is 0.444 e. The SMILES string of the molecule is CN(CCCn1c(=O)[nH]c2c(F)ccc(B(O)O)c21)C(=O)OC(C)(C)C. The zero-order valence-electron chi connectivity index (χ0n) is 15.2. The van der Waals surface area contributed by atoms with E-state index in [1.54, 1.807) is 27.8 Å². The second kappa shape index (κ2) is 7.51. The summed E-state index contributed by atoms with van der Waals surface area (Å²) in [5, 5.41) is 19.0. The highest BCUT2D eigenvalue weighted by molar-refractivity contribution is 6.61. The highest BCUT2D eigenvalue weighted by atomic mass is 19.1. The van der Waals surface area contributed by atoms with E-state index in [4.69, 9.17) is 4.74 Å². The Morgan fingerprint density at radius 2 is 2.04 bits per heavy atom. The molecule has 1 amide bonds. The van der Waals surface area contributed by atoms with Gasteiger partial charge in [0.05, 0.1) is 5.52 Å². The molecule has 0 aliphatic carbocycles. The molecule has 26 heavy (non-hydrogen) atoms. The number of rotatable bonds is 5. The first-order chi connectivity index (χ1) is 12.0. The van der Waals surface area contributed by atoms with Crippen molar-refractivity contribution < 1.29 is 24.0 Å². The Morgan fingerprint density at radius 3 is 2.62 bits per heavy atom. The van der Waals surface area contributed by atoms with E-state index < -0.39 is 30.3 Å². The summed E-state index contributed by atoms with van der Waals surface area (Å²) in [4.78, 5) is 27.8. The summed E-state index contributed by atoms with van der Waals surface area (Å²) in [6.45, 7) is 5.76. The molecule has 3 N–H and O–H groups in total. The minimum atomic E-state index is -1.84. The van der Waals surface area contributed by atoms with Gasteiger partial charge in [0, 0.05) is 25.6 Å². The third-order valence-electron chi connectivity index (χ3n) is 3.76. The van der Waals surface area contributed by atoms with E-state index in [9.17, 15) is 24.0 Å². The van der Waals surface area contributed by atoms with Crippen molar-refractivity contribution in [2.75, 3.05) is 13.6 Å². The normalized spacial score (nSPS) is 11.7. The third-order valence-corrected chi connectivity index (χ3v) is 3.76. The van der Waals surface area contributed by atoms with Crippen molar-refractivity contribution in [2.45, 2.75) is 39.3 Å². The van der Waals surface area contributed by atoms with E-state index in [-0.39, 0.29) is 23.0 Å². The van der Waals surface area contributed by atoms with Crippen LogP contribution < -0.4 is 11.2 Å². The monoisotopic (exact) mass is 367 g/mol. The number of hydrogen-bond acceptors (Lipinski definition) is 5. The summed E-state index contributed by atoms with van der Waals surface area (Å²) in [6.07, 6.45) is -0.0960. The molecule has 2 rings (SSSR count). The number of H-pyrrole nitrogens is 1. The Morgan fingerprint density at radius 1 is 1.38 bits per heavy atom. The number of aromatic amines is 1. The standard InChI is InChI=1S/C16H23BFN3O5/c1-16(2,3)26-15(23)20(4)8-5-9-21-13-10(17(24)25)6-7-11(18)12(13)19-14(21)22/h6-7,24-25H,5,8-9H2,1-4H3,(H,19,22). The summed E-state index contributed by atoms with van der Waals surface area (Å²) in [5.74, 6) is -0.661. The number of aryl methyl sites for hydroxylation is 1. The molecular formula is C16H23BFN3O5. The fourth-order valence-corrected chi connectivity index (χ4v) is 2.59. The second-order valence-corrected chi connectivity index (χ2v) is 7.07. The molecule has 0 radical (unpaired) electrons. The van der Waals surface area contributed by atoms with Crippen LogP contribution in [0.25, 0.3) is 11.0 Å². The Hall–Kier alpha value is -2.33. The predicted molar refractivity (Wildman–Crippen MR) is 95.8 cm³/mol. The summed E-state index contributed by atoms with van der Waals surface area (Å²) in [6, 6.07) is 2.28. The van der Waals surface area contributed by atoms with Crippen molar-refractivity contribution in [1.82, 2.24) is 14.5 Å². The molecule has 142 valence electrons. The molecule has 0 fully saturated rings. The van der Waals surface area contributed by atoms with Crippen LogP contribution in [0.4, 0.5) is 9.18 Å². The van der Waals surface area contributed by atoms with Crippen molar-refractivity contribution in [1.29, 1.82) is 0 Å². The summed E-state index contributed by atoms with van der Waals surface area (Å²) in [7, 11) is -0.266. The molecule has 0 saturated carbocycles. The highest BCUT2D eigenvalue weighted by Gasteiger charge is 2.22. The number of nitrogens with zero attached hydrogens (tertiary/aromatic N) is 2. The molecule has 0 bridgehead atoms. The quantitative estimate of drug-likeness (QED) is 0.664. The van der Waals surface area contributed by atoms with Crippen molar-refractivity contribution in [2.24, 2.45) is 0 Å². The average Bonchev–Trinajstić information content (AvgIpc) is 2.83. The number of fused-ring (bicyclic) bond motifs is 1. The maximum atomic E-state index is 13.9. The van der Waals surface area contributed by atoms with Crippen LogP contribution in [-0.4, -0.2) is 56.9 Å². The number of carbonyl (C=O) groups excluding carboxylic acids is 1. The molecule has 0 aliphatic heterocycles. The van der Waals surface area contributed by atoms with E-state index >= 15 is 0 Å². The van der Waals surface area contributed by atoms with Crippen LogP contribution in [-0.2, 0) is 11.3 Å². The molecule has 1 aromatic carbocycles. The molecule has 0 unspecified atom stereocenters. The van der Waals surface area contributed by atoms with Gasteiger partial charge in [-0.05, 0) is 33.3 Å². The van der Waals surface area contributed by atoms with Crippen LogP contribution in [0.3, 0.4) is 0 Å². The van der Waals surface area contributed by atoms with Crippen LogP contribution in [0.15, 0.2) is 16.9 Å². The van der Waals surface area contributed by atoms with E-state index in [0.717, 1.165) is 6.07 Å². The van der Waals surface area contributed by atoms with Gasteiger partial charge in [-0.3, -0.25) is 4.57 Å². The number of hydrogen-bond donors (Lipinski definition) is 3. The molecule has 1 aromatic heterocycles. The van der Waals surface area contributed by atoms with Gasteiger partial charge in [-0.1, -0.05) is 6.07 Å². The van der Waals surface area contributed by atoms with Gasteiger partial charge >= 0.3 is 18.9 Å². The van der Waals surface area contributed by atoms with E-state index in [1.807, 2.05) is 0 Å². The fraction of sp³-hybridized carbons (Fsp3) is 0.500. The zero-order valence-corrected chi connectivity index (χ0v) is 15.2. The Bertz CT molecular complexity index is 856. The summed E-state index contributed by atoms with van der Waals surface area (Å²) >= 11 is 0. The topological polar surface area (TPSA) is 108 Å². The first-order valence-corrected chi connectivity index (χ1v) is 8.22. The van der Waals surface area contributed by atoms with Gasteiger partial charge in [-0.2, -0.15) is 0 Å². The third kappa shape index (κ3) is 4.44. The van der Waals surface area contributed by atoms with Crippen LogP contribution in [0.2, 0.25) is 0 Å². The van der Waals surface area contributed by atoms with Gasteiger partial charge in [0.2, 0.25) is 0 Å². The minimum Gasteiger partial charge on any atom is -0.444 e. The maximum Gasteiger partial charge on any atom is 0.490 e. The molecular weight excluding hydrogens is 344 g/mol. The van der Waals surface area contributed by atoms with E-state index in [1.165, 1.54) is 15.5 Å². The van der Waals surface area contributed by atoms with E-state index in [0.29, 0.717) is 13.0 Å². The highest BCUT2D eigenvalue weighted by Crippen LogP contribution is 2.14. The fourth-order valence-electron chi connectivity index (χ4n) is 2.59. The lowest BCUT2D eigenvalue weighted by atomic mass is 9.79. The molecule has 8 nitrogen and oxygen atoms in total. The Labute approximate surface area is 150 Å². The second-order valence-electron chi connectivity index (χ2n) is 7.07. The van der Waals surface area contributed by atoms with Gasteiger partial charge in [0.25, 0.3) is 0 Å². The van der Waals surface area contributed by atoms with Crippen molar-refractivity contribution in [3.05, 3.63) is 28.4 Å². The van der Waals surface area contributed by atoms with Crippen LogP contribution in [0.1, 0.15) is 27.2 Å². The molecule has 1 heterocycles.